The molecular weight excluding hydrogens is 186 g/mol. The molecule has 0 aromatic rings. The van der Waals surface area contributed by atoms with Gasteiger partial charge in [0.1, 0.15) is 0 Å². The maximum absolute atomic E-state index is 11.3. The average Bonchev–Trinajstić information content (AvgIpc) is 2.85. The van der Waals surface area contributed by atoms with E-state index in [1.54, 1.807) is 4.31 Å². The van der Waals surface area contributed by atoms with Gasteiger partial charge in [-0.1, -0.05) is 0 Å². The number of piperidine rings is 1. The van der Waals surface area contributed by atoms with Crippen LogP contribution in [0.5, 0.6) is 0 Å². The van der Waals surface area contributed by atoms with Crippen molar-refractivity contribution in [3.8, 4) is 0 Å². The summed E-state index contributed by atoms with van der Waals surface area (Å²) in [6, 6.07) is 0. The zero-order valence-electron chi connectivity index (χ0n) is 8.07. The largest absolute Gasteiger partial charge is 0.213 e. The van der Waals surface area contributed by atoms with E-state index in [-0.39, 0.29) is 0 Å². The minimum absolute atomic E-state index is 0.656. The molecule has 1 saturated heterocycles. The number of hydrogen-bond acceptors (Lipinski definition) is 2. The minimum atomic E-state index is -2.93. The maximum atomic E-state index is 11.3. The molecule has 1 heterocycles. The highest BCUT2D eigenvalue weighted by Crippen LogP contribution is 2.41. The molecule has 1 saturated carbocycles. The average molecular weight is 203 g/mol. The van der Waals surface area contributed by atoms with Gasteiger partial charge in [-0.15, -0.1) is 0 Å². The van der Waals surface area contributed by atoms with Crippen LogP contribution in [0.2, 0.25) is 0 Å². The van der Waals surface area contributed by atoms with Gasteiger partial charge in [-0.3, -0.25) is 0 Å². The van der Waals surface area contributed by atoms with E-state index in [1.807, 2.05) is 0 Å². The summed E-state index contributed by atoms with van der Waals surface area (Å²) in [6.07, 6.45) is 6.25. The molecule has 2 rings (SSSR count). The van der Waals surface area contributed by atoms with Crippen molar-refractivity contribution >= 4 is 10.0 Å². The second kappa shape index (κ2) is 3.24. The van der Waals surface area contributed by atoms with Gasteiger partial charge in [0, 0.05) is 13.1 Å². The van der Waals surface area contributed by atoms with Crippen LogP contribution in [0.15, 0.2) is 0 Å². The summed E-state index contributed by atoms with van der Waals surface area (Å²) in [5.41, 5.74) is 0. The third-order valence-electron chi connectivity index (χ3n) is 3.18. The Labute approximate surface area is 80.2 Å². The van der Waals surface area contributed by atoms with Gasteiger partial charge >= 0.3 is 0 Å². The Kier molecular flexibility index (Phi) is 2.36. The molecule has 1 unspecified atom stereocenters. The van der Waals surface area contributed by atoms with Gasteiger partial charge in [-0.2, -0.15) is 0 Å². The van der Waals surface area contributed by atoms with Crippen molar-refractivity contribution < 1.29 is 8.42 Å². The molecule has 0 N–H and O–H groups in total. The number of sulfonamides is 1. The van der Waals surface area contributed by atoms with Crippen LogP contribution in [0.4, 0.5) is 0 Å². The fourth-order valence-electron chi connectivity index (χ4n) is 2.23. The lowest BCUT2D eigenvalue weighted by Gasteiger charge is -2.30. The van der Waals surface area contributed by atoms with E-state index in [0.29, 0.717) is 5.92 Å². The first-order chi connectivity index (χ1) is 6.07. The van der Waals surface area contributed by atoms with Crippen molar-refractivity contribution in [3.63, 3.8) is 0 Å². The lowest BCUT2D eigenvalue weighted by Crippen LogP contribution is -2.39. The molecule has 0 bridgehead atoms. The van der Waals surface area contributed by atoms with Crippen LogP contribution in [-0.4, -0.2) is 32.1 Å². The Morgan fingerprint density at radius 3 is 2.38 bits per heavy atom. The standard InChI is InChI=1S/C9H17NO2S/c1-13(11,12)10-6-2-3-9(7-10)8-4-5-8/h8-9H,2-7H2,1H3. The van der Waals surface area contributed by atoms with Gasteiger partial charge in [0.25, 0.3) is 0 Å². The van der Waals surface area contributed by atoms with Crippen LogP contribution in [0.3, 0.4) is 0 Å². The van der Waals surface area contributed by atoms with Crippen molar-refractivity contribution in [2.45, 2.75) is 25.7 Å². The van der Waals surface area contributed by atoms with E-state index in [0.717, 1.165) is 25.4 Å². The number of nitrogens with zero attached hydrogens (tertiary/aromatic N) is 1. The molecular formula is C9H17NO2S. The van der Waals surface area contributed by atoms with E-state index in [9.17, 15) is 8.42 Å². The molecule has 0 spiro atoms. The number of rotatable bonds is 2. The Morgan fingerprint density at radius 1 is 1.15 bits per heavy atom. The highest BCUT2D eigenvalue weighted by atomic mass is 32.2. The Balaban J connectivity index is 1.99. The third kappa shape index (κ3) is 2.23. The Morgan fingerprint density at radius 2 is 1.85 bits per heavy atom. The van der Waals surface area contributed by atoms with Crippen molar-refractivity contribution in [2.24, 2.45) is 11.8 Å². The van der Waals surface area contributed by atoms with Gasteiger partial charge in [0.05, 0.1) is 6.26 Å². The summed E-state index contributed by atoms with van der Waals surface area (Å²) in [7, 11) is -2.93. The summed E-state index contributed by atoms with van der Waals surface area (Å²) in [4.78, 5) is 0. The van der Waals surface area contributed by atoms with Crippen LogP contribution in [0, 0.1) is 11.8 Å². The molecule has 0 aromatic heterocycles. The highest BCUT2D eigenvalue weighted by Gasteiger charge is 2.36. The fourth-order valence-corrected chi connectivity index (χ4v) is 3.15. The van der Waals surface area contributed by atoms with Crippen LogP contribution in [0.25, 0.3) is 0 Å². The second-order valence-electron chi connectivity index (χ2n) is 4.36. The van der Waals surface area contributed by atoms with Crippen molar-refractivity contribution in [1.29, 1.82) is 0 Å². The molecule has 2 fully saturated rings. The lowest BCUT2D eigenvalue weighted by atomic mass is 9.95. The number of hydrogen-bond donors (Lipinski definition) is 0. The van der Waals surface area contributed by atoms with E-state index < -0.39 is 10.0 Å². The highest BCUT2D eigenvalue weighted by molar-refractivity contribution is 7.88. The SMILES string of the molecule is CS(=O)(=O)N1CCCC(C2CC2)C1. The summed E-state index contributed by atoms with van der Waals surface area (Å²) < 4.78 is 24.3. The molecule has 1 aliphatic carbocycles. The van der Waals surface area contributed by atoms with Gasteiger partial charge in [-0.25, -0.2) is 12.7 Å². The topological polar surface area (TPSA) is 37.4 Å². The van der Waals surface area contributed by atoms with Crippen LogP contribution >= 0.6 is 0 Å². The zero-order chi connectivity index (χ0) is 9.47. The summed E-state index contributed by atoms with van der Waals surface area (Å²) in [5.74, 6) is 1.49. The van der Waals surface area contributed by atoms with Crippen molar-refractivity contribution in [1.82, 2.24) is 4.31 Å². The van der Waals surface area contributed by atoms with E-state index in [2.05, 4.69) is 0 Å². The maximum Gasteiger partial charge on any atom is 0.211 e. The molecule has 3 nitrogen and oxygen atoms in total. The Bertz CT molecular complexity index is 282. The molecule has 2 aliphatic rings. The van der Waals surface area contributed by atoms with E-state index in [4.69, 9.17) is 0 Å². The summed E-state index contributed by atoms with van der Waals surface area (Å²) in [5, 5.41) is 0. The van der Waals surface area contributed by atoms with Crippen LogP contribution in [-0.2, 0) is 10.0 Å². The molecule has 13 heavy (non-hydrogen) atoms. The smallest absolute Gasteiger partial charge is 0.211 e. The first-order valence-corrected chi connectivity index (χ1v) is 6.87. The second-order valence-corrected chi connectivity index (χ2v) is 6.34. The van der Waals surface area contributed by atoms with Crippen LogP contribution < -0.4 is 0 Å². The lowest BCUT2D eigenvalue weighted by molar-refractivity contribution is 0.246. The van der Waals surface area contributed by atoms with E-state index in [1.165, 1.54) is 25.5 Å². The first kappa shape index (κ1) is 9.46. The van der Waals surface area contributed by atoms with Gasteiger partial charge in [-0.05, 0) is 37.5 Å². The summed E-state index contributed by atoms with van der Waals surface area (Å²) in [6.45, 7) is 1.52. The van der Waals surface area contributed by atoms with Gasteiger partial charge in [0.2, 0.25) is 10.0 Å². The zero-order valence-corrected chi connectivity index (χ0v) is 8.89. The molecule has 76 valence electrons. The van der Waals surface area contributed by atoms with Gasteiger partial charge in [0.15, 0.2) is 0 Å². The van der Waals surface area contributed by atoms with Crippen LogP contribution in [0.1, 0.15) is 25.7 Å². The quantitative estimate of drug-likeness (QED) is 0.673. The Hall–Kier alpha value is -0.0900. The van der Waals surface area contributed by atoms with Crippen molar-refractivity contribution in [3.05, 3.63) is 0 Å². The normalized spacial score (nSPS) is 31.9. The monoisotopic (exact) mass is 203 g/mol. The first-order valence-electron chi connectivity index (χ1n) is 5.02. The predicted octanol–water partition coefficient (Wildman–Crippen LogP) is 1.07. The van der Waals surface area contributed by atoms with Crippen molar-refractivity contribution in [2.75, 3.05) is 19.3 Å². The summed E-state index contributed by atoms with van der Waals surface area (Å²) >= 11 is 0. The molecule has 0 radical (unpaired) electrons. The molecule has 0 aromatic carbocycles. The van der Waals surface area contributed by atoms with E-state index >= 15 is 0 Å². The molecule has 1 atom stereocenters. The molecule has 0 amide bonds. The predicted molar refractivity (Wildman–Crippen MR) is 51.9 cm³/mol. The fraction of sp³-hybridized carbons (Fsp3) is 1.00. The van der Waals surface area contributed by atoms with Gasteiger partial charge < -0.3 is 0 Å². The molecule has 1 aliphatic heterocycles. The molecule has 4 heteroatoms. The minimum Gasteiger partial charge on any atom is -0.213 e. The third-order valence-corrected chi connectivity index (χ3v) is 4.45.